The first-order chi connectivity index (χ1) is 12.9. The van der Waals surface area contributed by atoms with Crippen LogP contribution in [0, 0.1) is 0 Å². The fourth-order valence-electron chi connectivity index (χ4n) is 3.37. The number of fused-ring (bicyclic) bond motifs is 3. The van der Waals surface area contributed by atoms with E-state index in [9.17, 15) is 0 Å². The van der Waals surface area contributed by atoms with E-state index < -0.39 is 0 Å². The molecule has 5 aromatic rings. The molecule has 0 fully saturated rings. The van der Waals surface area contributed by atoms with Crippen molar-refractivity contribution in [2.75, 3.05) is 0 Å². The Kier molecular flexibility index (Phi) is 3.42. The average Bonchev–Trinajstić information content (AvgIpc) is 2.74. The van der Waals surface area contributed by atoms with Crippen LogP contribution in [0.2, 0.25) is 0 Å². The molecule has 3 heteroatoms. The fourth-order valence-corrected chi connectivity index (χ4v) is 3.37. The summed E-state index contributed by atoms with van der Waals surface area (Å²) in [5.41, 5.74) is 3.89. The smallest absolute Gasteiger partial charge is 0.0886 e. The summed E-state index contributed by atoms with van der Waals surface area (Å²) in [5, 5.41) is 5.01. The van der Waals surface area contributed by atoms with E-state index in [-0.39, 0.29) is 0 Å². The van der Waals surface area contributed by atoms with Gasteiger partial charge < -0.3 is 0 Å². The Labute approximate surface area is 151 Å². The molecule has 0 atom stereocenters. The molecule has 0 saturated carbocycles. The summed E-state index contributed by atoms with van der Waals surface area (Å²) in [6, 6.07) is 23.4. The third-order valence-corrected chi connectivity index (χ3v) is 4.66. The first-order valence-corrected chi connectivity index (χ1v) is 8.53. The fraction of sp³-hybridized carbons (Fsp3) is 0. The van der Waals surface area contributed by atoms with Crippen LogP contribution < -0.4 is 0 Å². The predicted octanol–water partition coefficient (Wildman–Crippen LogP) is 5.51. The Bertz CT molecular complexity index is 1230. The van der Waals surface area contributed by atoms with Crippen molar-refractivity contribution in [3.63, 3.8) is 0 Å². The first kappa shape index (κ1) is 14.7. The van der Waals surface area contributed by atoms with Crippen molar-refractivity contribution in [3.05, 3.63) is 91.5 Å². The topological polar surface area (TPSA) is 38.7 Å². The van der Waals surface area contributed by atoms with Crippen LogP contribution in [0.3, 0.4) is 0 Å². The van der Waals surface area contributed by atoms with Crippen LogP contribution in [0.25, 0.3) is 44.1 Å². The molecule has 0 bridgehead atoms. The minimum atomic E-state index is 0.850. The normalized spacial score (nSPS) is 11.1. The third kappa shape index (κ3) is 2.50. The van der Waals surface area contributed by atoms with Crippen LogP contribution in [-0.4, -0.2) is 15.0 Å². The maximum atomic E-state index is 4.56. The molecule has 0 radical (unpaired) electrons. The van der Waals surface area contributed by atoms with Gasteiger partial charge in [0.15, 0.2) is 0 Å². The molecule has 122 valence electrons. The van der Waals surface area contributed by atoms with Gasteiger partial charge in [0.05, 0.1) is 17.6 Å². The first-order valence-electron chi connectivity index (χ1n) is 8.53. The van der Waals surface area contributed by atoms with Gasteiger partial charge in [-0.1, -0.05) is 48.5 Å². The van der Waals surface area contributed by atoms with Gasteiger partial charge in [0, 0.05) is 29.7 Å². The molecule has 5 rings (SSSR count). The van der Waals surface area contributed by atoms with Crippen LogP contribution in [-0.2, 0) is 0 Å². The molecule has 2 aromatic heterocycles. The van der Waals surface area contributed by atoms with E-state index in [2.05, 4.69) is 75.6 Å². The lowest BCUT2D eigenvalue weighted by Gasteiger charge is -2.08. The number of rotatable bonds is 2. The largest absolute Gasteiger partial charge is 0.261 e. The van der Waals surface area contributed by atoms with Crippen molar-refractivity contribution in [1.82, 2.24) is 15.0 Å². The monoisotopic (exact) mass is 333 g/mol. The summed E-state index contributed by atoms with van der Waals surface area (Å²) in [7, 11) is 0. The highest BCUT2D eigenvalue weighted by molar-refractivity contribution is 6.08. The second-order valence-corrected chi connectivity index (χ2v) is 6.24. The van der Waals surface area contributed by atoms with Gasteiger partial charge in [-0.25, -0.2) is 0 Å². The number of pyridine rings is 1. The summed E-state index contributed by atoms with van der Waals surface area (Å²) in [6.45, 7) is 0. The highest BCUT2D eigenvalue weighted by Crippen LogP contribution is 2.30. The quantitative estimate of drug-likeness (QED) is 0.400. The van der Waals surface area contributed by atoms with Crippen LogP contribution in [0.5, 0.6) is 0 Å². The van der Waals surface area contributed by atoms with Crippen molar-refractivity contribution in [2.45, 2.75) is 0 Å². The van der Waals surface area contributed by atoms with Gasteiger partial charge in [0.1, 0.15) is 0 Å². The van der Waals surface area contributed by atoms with E-state index in [0.29, 0.717) is 0 Å². The van der Waals surface area contributed by atoms with E-state index in [0.717, 1.165) is 22.5 Å². The van der Waals surface area contributed by atoms with Gasteiger partial charge in [-0.3, -0.25) is 15.0 Å². The molecule has 2 heterocycles. The van der Waals surface area contributed by atoms with E-state index in [1.165, 1.54) is 21.5 Å². The van der Waals surface area contributed by atoms with E-state index in [4.69, 9.17) is 0 Å². The molecule has 0 aliphatic heterocycles. The Hall–Kier alpha value is -3.59. The van der Waals surface area contributed by atoms with Gasteiger partial charge in [-0.05, 0) is 39.7 Å². The SMILES string of the molecule is c1ccc2c(c1)ccc1cc(-c3cc(-c4cnccn4)ccn3)ccc12. The number of hydrogen-bond donors (Lipinski definition) is 0. The summed E-state index contributed by atoms with van der Waals surface area (Å²) >= 11 is 0. The van der Waals surface area contributed by atoms with Crippen LogP contribution in [0.15, 0.2) is 91.5 Å². The van der Waals surface area contributed by atoms with Gasteiger partial charge in [0.2, 0.25) is 0 Å². The van der Waals surface area contributed by atoms with Crippen LogP contribution >= 0.6 is 0 Å². The molecule has 0 N–H and O–H groups in total. The molecule has 0 unspecified atom stereocenters. The second-order valence-electron chi connectivity index (χ2n) is 6.24. The average molecular weight is 333 g/mol. The lowest BCUT2D eigenvalue weighted by atomic mass is 9.98. The minimum Gasteiger partial charge on any atom is -0.261 e. The summed E-state index contributed by atoms with van der Waals surface area (Å²) in [5.74, 6) is 0. The Morgan fingerprint density at radius 3 is 2.27 bits per heavy atom. The highest BCUT2D eigenvalue weighted by Gasteiger charge is 2.06. The molecule has 0 amide bonds. The van der Waals surface area contributed by atoms with E-state index in [1.54, 1.807) is 18.6 Å². The van der Waals surface area contributed by atoms with Gasteiger partial charge >= 0.3 is 0 Å². The number of nitrogens with zero attached hydrogens (tertiary/aromatic N) is 3. The summed E-state index contributed by atoms with van der Waals surface area (Å²) in [6.07, 6.45) is 6.98. The standard InChI is InChI=1S/C23H15N3/c1-2-4-20-16(3-1)5-6-17-13-18(7-8-21(17)20)22-14-19(9-10-25-22)23-15-24-11-12-26-23/h1-15H. The molecule has 26 heavy (non-hydrogen) atoms. The number of aromatic nitrogens is 3. The number of hydrogen-bond acceptors (Lipinski definition) is 3. The van der Waals surface area contributed by atoms with Gasteiger partial charge in [-0.2, -0.15) is 0 Å². The van der Waals surface area contributed by atoms with Crippen LogP contribution in [0.4, 0.5) is 0 Å². The van der Waals surface area contributed by atoms with Crippen molar-refractivity contribution in [1.29, 1.82) is 0 Å². The lowest BCUT2D eigenvalue weighted by Crippen LogP contribution is -1.88. The molecule has 0 aliphatic rings. The molecule has 0 spiro atoms. The van der Waals surface area contributed by atoms with E-state index >= 15 is 0 Å². The van der Waals surface area contributed by atoms with Crippen molar-refractivity contribution in [2.24, 2.45) is 0 Å². The summed E-state index contributed by atoms with van der Waals surface area (Å²) in [4.78, 5) is 13.1. The Morgan fingerprint density at radius 2 is 1.35 bits per heavy atom. The third-order valence-electron chi connectivity index (χ3n) is 4.66. The van der Waals surface area contributed by atoms with E-state index in [1.807, 2.05) is 12.3 Å². The minimum absolute atomic E-state index is 0.850. The zero-order valence-corrected chi connectivity index (χ0v) is 14.0. The molecular formula is C23H15N3. The Morgan fingerprint density at radius 1 is 0.538 bits per heavy atom. The molecule has 3 nitrogen and oxygen atoms in total. The van der Waals surface area contributed by atoms with Crippen molar-refractivity contribution in [3.8, 4) is 22.5 Å². The molecular weight excluding hydrogens is 318 g/mol. The maximum absolute atomic E-state index is 4.56. The zero-order valence-electron chi connectivity index (χ0n) is 14.0. The molecule has 0 aliphatic carbocycles. The lowest BCUT2D eigenvalue weighted by molar-refractivity contribution is 1.20. The van der Waals surface area contributed by atoms with Crippen LogP contribution in [0.1, 0.15) is 0 Å². The molecule has 3 aromatic carbocycles. The molecule has 0 saturated heterocycles. The maximum Gasteiger partial charge on any atom is 0.0886 e. The summed E-state index contributed by atoms with van der Waals surface area (Å²) < 4.78 is 0. The predicted molar refractivity (Wildman–Crippen MR) is 106 cm³/mol. The Balaban J connectivity index is 1.64. The zero-order chi connectivity index (χ0) is 17.3. The van der Waals surface area contributed by atoms with Gasteiger partial charge in [0.25, 0.3) is 0 Å². The van der Waals surface area contributed by atoms with Crippen molar-refractivity contribution < 1.29 is 0 Å². The van der Waals surface area contributed by atoms with Gasteiger partial charge in [-0.15, -0.1) is 0 Å². The van der Waals surface area contributed by atoms with Crippen molar-refractivity contribution >= 4 is 21.5 Å². The highest BCUT2D eigenvalue weighted by atomic mass is 14.8. The number of benzene rings is 3. The second kappa shape index (κ2) is 6.05.